The Hall–Kier alpha value is -3.44. The molecular weight excluding hydrogens is 574 g/mol. The van der Waals surface area contributed by atoms with Crippen LogP contribution in [-0.2, 0) is 10.0 Å². The summed E-state index contributed by atoms with van der Waals surface area (Å²) in [6.45, 7) is 8.73. The minimum atomic E-state index is -3.66. The van der Waals surface area contributed by atoms with Gasteiger partial charge in [0.25, 0.3) is 0 Å². The fraction of sp³-hybridized carbons (Fsp3) is 0.545. The maximum absolute atomic E-state index is 13.9. The third-order valence-electron chi connectivity index (χ3n) is 9.82. The second-order valence-electron chi connectivity index (χ2n) is 12.8. The van der Waals surface area contributed by atoms with E-state index in [1.54, 1.807) is 23.5 Å². The second-order valence-corrected chi connectivity index (χ2v) is 14.6. The third-order valence-corrected chi connectivity index (χ3v) is 12.1. The van der Waals surface area contributed by atoms with E-state index in [2.05, 4.69) is 31.9 Å². The van der Waals surface area contributed by atoms with E-state index in [1.165, 1.54) is 31.4 Å². The normalized spacial score (nSPS) is 18.6. The molecule has 10 nitrogen and oxygen atoms in total. The highest BCUT2D eigenvalue weighted by Gasteiger charge is 2.40. The predicted octanol–water partition coefficient (Wildman–Crippen LogP) is 4.67. The molecule has 2 saturated heterocycles. The molecule has 0 bridgehead atoms. The highest BCUT2D eigenvalue weighted by atomic mass is 32.2. The molecule has 3 fully saturated rings. The Kier molecular flexibility index (Phi) is 8.70. The molecule has 3 aliphatic rings. The Labute approximate surface area is 262 Å². The lowest BCUT2D eigenvalue weighted by Crippen LogP contribution is -2.47. The summed E-state index contributed by atoms with van der Waals surface area (Å²) in [5.74, 6) is 2.24. The Balaban J connectivity index is 1.07. The predicted molar refractivity (Wildman–Crippen MR) is 174 cm³/mol. The minimum absolute atomic E-state index is 0.0405. The van der Waals surface area contributed by atoms with Crippen LogP contribution in [0, 0.1) is 19.3 Å². The van der Waals surface area contributed by atoms with Gasteiger partial charge >= 0.3 is 0 Å². The molecule has 0 unspecified atom stereocenters. The molecule has 0 atom stereocenters. The van der Waals surface area contributed by atoms with E-state index in [-0.39, 0.29) is 6.04 Å². The summed E-state index contributed by atoms with van der Waals surface area (Å²) in [5.41, 5.74) is 3.10. The third kappa shape index (κ3) is 6.35. The Morgan fingerprint density at radius 3 is 2.11 bits per heavy atom. The number of nitrogens with zero attached hydrogens (tertiary/aromatic N) is 7. The van der Waals surface area contributed by atoms with Crippen LogP contribution in [0.15, 0.2) is 53.8 Å². The van der Waals surface area contributed by atoms with Crippen molar-refractivity contribution in [3.8, 4) is 5.75 Å². The molecule has 1 aromatic carbocycles. The molecule has 0 N–H and O–H groups in total. The summed E-state index contributed by atoms with van der Waals surface area (Å²) in [6, 6.07) is 9.84. The van der Waals surface area contributed by atoms with E-state index >= 15 is 0 Å². The molecule has 11 heteroatoms. The van der Waals surface area contributed by atoms with Crippen LogP contribution in [0.4, 0.5) is 17.5 Å². The lowest BCUT2D eigenvalue weighted by molar-refractivity contribution is 0.166. The van der Waals surface area contributed by atoms with E-state index in [9.17, 15) is 8.42 Å². The summed E-state index contributed by atoms with van der Waals surface area (Å²) >= 11 is 0. The van der Waals surface area contributed by atoms with Crippen molar-refractivity contribution in [2.45, 2.75) is 63.3 Å². The number of sulfonamides is 1. The Morgan fingerprint density at radius 2 is 1.52 bits per heavy atom. The first-order chi connectivity index (χ1) is 21.2. The highest BCUT2D eigenvalue weighted by molar-refractivity contribution is 7.89. The molecule has 0 radical (unpaired) electrons. The van der Waals surface area contributed by atoms with Crippen molar-refractivity contribution in [1.29, 1.82) is 0 Å². The quantitative estimate of drug-likeness (QED) is 0.321. The summed E-state index contributed by atoms with van der Waals surface area (Å²) in [7, 11) is -0.118. The Bertz CT molecular complexity index is 1520. The van der Waals surface area contributed by atoms with Gasteiger partial charge in [0.1, 0.15) is 11.6 Å². The molecule has 6 rings (SSSR count). The molecule has 1 spiro atoms. The molecule has 1 saturated carbocycles. The van der Waals surface area contributed by atoms with Crippen LogP contribution >= 0.6 is 0 Å². The van der Waals surface area contributed by atoms with E-state index in [1.807, 2.05) is 50.5 Å². The summed E-state index contributed by atoms with van der Waals surface area (Å²) in [6.07, 6.45) is 12.1. The summed E-state index contributed by atoms with van der Waals surface area (Å²) in [5, 5.41) is 0. The number of anilines is 3. The van der Waals surface area contributed by atoms with Gasteiger partial charge in [-0.1, -0.05) is 0 Å². The van der Waals surface area contributed by atoms with Crippen molar-refractivity contribution >= 4 is 27.5 Å². The van der Waals surface area contributed by atoms with Crippen LogP contribution in [0.5, 0.6) is 5.75 Å². The van der Waals surface area contributed by atoms with Crippen molar-refractivity contribution in [3.05, 3.63) is 60.0 Å². The monoisotopic (exact) mass is 619 g/mol. The summed E-state index contributed by atoms with van der Waals surface area (Å²) < 4.78 is 34.9. The minimum Gasteiger partial charge on any atom is -0.497 e. The lowest BCUT2D eigenvalue weighted by atomic mass is 9.71. The number of ether oxygens (including phenoxy) is 1. The molecule has 2 aromatic heterocycles. The number of likely N-dealkylation sites (N-methyl/N-ethyl adjacent to an activating group) is 1. The summed E-state index contributed by atoms with van der Waals surface area (Å²) in [4.78, 5) is 20.9. The van der Waals surface area contributed by atoms with Crippen molar-refractivity contribution < 1.29 is 13.2 Å². The zero-order valence-corrected chi connectivity index (χ0v) is 27.3. The molecule has 44 heavy (non-hydrogen) atoms. The molecular formula is C33H45N7O3S. The average Bonchev–Trinajstić information content (AvgIpc) is 3.87. The first kappa shape index (κ1) is 30.6. The maximum atomic E-state index is 13.9. The van der Waals surface area contributed by atoms with Gasteiger partial charge in [-0.3, -0.25) is 4.98 Å². The number of hydrogen-bond acceptors (Lipinski definition) is 9. The largest absolute Gasteiger partial charge is 0.497 e. The van der Waals surface area contributed by atoms with Crippen molar-refractivity contribution in [3.63, 3.8) is 0 Å². The first-order valence-corrected chi connectivity index (χ1v) is 17.2. The van der Waals surface area contributed by atoms with Gasteiger partial charge in [0.2, 0.25) is 16.0 Å². The number of benzene rings is 1. The molecule has 2 aliphatic heterocycles. The average molecular weight is 620 g/mol. The second kappa shape index (κ2) is 12.5. The van der Waals surface area contributed by atoms with Crippen LogP contribution in [0.2, 0.25) is 0 Å². The fourth-order valence-electron chi connectivity index (χ4n) is 6.97. The van der Waals surface area contributed by atoms with Crippen LogP contribution in [0.1, 0.15) is 49.7 Å². The van der Waals surface area contributed by atoms with E-state index in [4.69, 9.17) is 9.72 Å². The topological polar surface area (TPSA) is 95.0 Å². The highest BCUT2D eigenvalue weighted by Crippen LogP contribution is 2.43. The zero-order chi connectivity index (χ0) is 30.9. The number of aryl methyl sites for hydroxylation is 2. The zero-order valence-electron chi connectivity index (χ0n) is 26.4. The number of hydrogen-bond donors (Lipinski definition) is 0. The molecule has 3 aromatic rings. The number of aromatic nitrogens is 3. The van der Waals surface area contributed by atoms with Gasteiger partial charge < -0.3 is 19.4 Å². The number of methoxy groups -OCH3 is 1. The molecule has 236 valence electrons. The van der Waals surface area contributed by atoms with Gasteiger partial charge in [-0.25, -0.2) is 13.4 Å². The van der Waals surface area contributed by atoms with Gasteiger partial charge in [0.15, 0.2) is 0 Å². The van der Waals surface area contributed by atoms with Crippen LogP contribution in [0.3, 0.4) is 0 Å². The number of rotatable bonds is 10. The van der Waals surface area contributed by atoms with E-state index in [0.29, 0.717) is 46.2 Å². The number of pyridine rings is 1. The molecule has 4 heterocycles. The number of piperidine rings is 2. The van der Waals surface area contributed by atoms with Crippen LogP contribution in [-0.4, -0.2) is 87.1 Å². The van der Waals surface area contributed by atoms with Crippen molar-refractivity contribution in [2.24, 2.45) is 5.41 Å². The maximum Gasteiger partial charge on any atom is 0.243 e. The fourth-order valence-corrected chi connectivity index (χ4v) is 9.06. The first-order valence-electron chi connectivity index (χ1n) is 15.8. The SMILES string of the molecule is COc1cc(C)c(S(=O)(=O)N(CCN(C)c2nccc(N3CCC4(CCN(c5ccncc5)CC4)CC3)n2)C2CC2)c(C)c1. The van der Waals surface area contributed by atoms with Crippen LogP contribution in [0.25, 0.3) is 0 Å². The standard InChI is InChI=1S/C33H45N7O3S/c1-25-23-29(43-4)24-26(2)31(25)44(41,42)40(28-5-6-28)22-21-37(3)32-35-16-9-30(36-32)39-19-12-33(13-20-39)10-17-38(18-11-33)27-7-14-34-15-8-27/h7-9,14-16,23-24,28H,5-6,10-13,17-22H2,1-4H3. The van der Waals surface area contributed by atoms with E-state index in [0.717, 1.165) is 44.8 Å². The lowest BCUT2D eigenvalue weighted by Gasteiger charge is -2.47. The van der Waals surface area contributed by atoms with Gasteiger partial charge in [-0.2, -0.15) is 9.29 Å². The Morgan fingerprint density at radius 1 is 0.909 bits per heavy atom. The molecule has 1 aliphatic carbocycles. The smallest absolute Gasteiger partial charge is 0.243 e. The molecule has 0 amide bonds. The van der Waals surface area contributed by atoms with Crippen LogP contribution < -0.4 is 19.4 Å². The van der Waals surface area contributed by atoms with Crippen molar-refractivity contribution in [1.82, 2.24) is 19.3 Å². The van der Waals surface area contributed by atoms with Gasteiger partial charge in [-0.15, -0.1) is 0 Å². The van der Waals surface area contributed by atoms with Gasteiger partial charge in [-0.05, 0) is 99.2 Å². The van der Waals surface area contributed by atoms with Gasteiger partial charge in [0.05, 0.1) is 12.0 Å². The van der Waals surface area contributed by atoms with Crippen molar-refractivity contribution in [2.75, 3.05) is 68.1 Å². The van der Waals surface area contributed by atoms with Gasteiger partial charge in [0, 0.05) is 76.6 Å². The van der Waals surface area contributed by atoms with E-state index < -0.39 is 10.0 Å².